The fourth-order valence-corrected chi connectivity index (χ4v) is 4.80. The number of halogens is 3. The summed E-state index contributed by atoms with van der Waals surface area (Å²) in [5, 5.41) is 7.31. The molecular weight excluding hydrogens is 461 g/mol. The number of alkyl halides is 3. The van der Waals surface area contributed by atoms with Gasteiger partial charge in [0.25, 0.3) is 5.91 Å². The number of amides is 2. The van der Waals surface area contributed by atoms with E-state index in [2.05, 4.69) is 27.3 Å². The fraction of sp³-hybridized carbons (Fsp3) is 0.542. The van der Waals surface area contributed by atoms with Crippen molar-refractivity contribution in [2.75, 3.05) is 49.6 Å². The Morgan fingerprint density at radius 1 is 1.06 bits per heavy atom. The van der Waals surface area contributed by atoms with Crippen LogP contribution in [0.1, 0.15) is 46.4 Å². The van der Waals surface area contributed by atoms with Gasteiger partial charge < -0.3 is 20.0 Å². The van der Waals surface area contributed by atoms with Gasteiger partial charge in [0.2, 0.25) is 5.91 Å². The van der Waals surface area contributed by atoms with Crippen molar-refractivity contribution in [3.8, 4) is 0 Å². The maximum absolute atomic E-state index is 13.6. The predicted molar refractivity (Wildman–Crippen MR) is 126 cm³/mol. The van der Waals surface area contributed by atoms with Gasteiger partial charge in [-0.1, -0.05) is 0 Å². The first-order valence-corrected chi connectivity index (χ1v) is 11.8. The third kappa shape index (κ3) is 5.44. The average Bonchev–Trinajstić information content (AvgIpc) is 3.27. The van der Waals surface area contributed by atoms with Crippen molar-refractivity contribution in [3.05, 3.63) is 40.6 Å². The lowest BCUT2D eigenvalue weighted by molar-refractivity contribution is -0.137. The van der Waals surface area contributed by atoms with E-state index in [1.165, 1.54) is 11.0 Å². The van der Waals surface area contributed by atoms with Gasteiger partial charge in [-0.25, -0.2) is 0 Å². The molecule has 0 radical (unpaired) electrons. The molecule has 0 atom stereocenters. The van der Waals surface area contributed by atoms with E-state index >= 15 is 0 Å². The zero-order valence-corrected chi connectivity index (χ0v) is 20.3. The van der Waals surface area contributed by atoms with Gasteiger partial charge in [-0.3, -0.25) is 14.3 Å². The second kappa shape index (κ2) is 9.88. The van der Waals surface area contributed by atoms with Gasteiger partial charge >= 0.3 is 6.18 Å². The van der Waals surface area contributed by atoms with Crippen molar-refractivity contribution in [1.82, 2.24) is 20.0 Å². The number of likely N-dealkylation sites (N-methyl/N-ethyl adjacent to an activating group) is 1. The highest BCUT2D eigenvalue weighted by atomic mass is 19.4. The lowest BCUT2D eigenvalue weighted by Crippen LogP contribution is -2.32. The predicted octanol–water partition coefficient (Wildman–Crippen LogP) is 2.95. The summed E-state index contributed by atoms with van der Waals surface area (Å²) >= 11 is 0. The third-order valence-electron chi connectivity index (χ3n) is 6.65. The molecular formula is C24H31F3N6O2. The first-order chi connectivity index (χ1) is 16.5. The minimum Gasteiger partial charge on any atom is -0.355 e. The number of aromatic nitrogens is 2. The number of hydrogen-bond donors (Lipinski definition) is 1. The highest BCUT2D eigenvalue weighted by Gasteiger charge is 2.33. The molecule has 2 aliphatic heterocycles. The maximum Gasteiger partial charge on any atom is 0.416 e. The second-order valence-electron chi connectivity index (χ2n) is 9.25. The van der Waals surface area contributed by atoms with Crippen LogP contribution in [-0.4, -0.2) is 66.3 Å². The van der Waals surface area contributed by atoms with Gasteiger partial charge in [-0.2, -0.15) is 18.3 Å². The standard InChI is InChI=1S/C24H31F3N6O2/c1-16-20(23(31(3)29-16)32-8-5-7-30(2)10-11-32)15-28-22(35)17-12-18(24(25,26)27)14-19(13-17)33-9-4-6-21(33)34/h12-14H,4-11,15H2,1-3H3,(H,28,35). The Labute approximate surface area is 202 Å². The van der Waals surface area contributed by atoms with Crippen molar-refractivity contribution in [2.24, 2.45) is 7.05 Å². The molecule has 2 saturated heterocycles. The highest BCUT2D eigenvalue weighted by Crippen LogP contribution is 2.34. The summed E-state index contributed by atoms with van der Waals surface area (Å²) in [6, 6.07) is 3.12. The topological polar surface area (TPSA) is 73.7 Å². The van der Waals surface area contributed by atoms with Gasteiger partial charge in [0.05, 0.1) is 11.3 Å². The van der Waals surface area contributed by atoms with Crippen molar-refractivity contribution >= 4 is 23.3 Å². The molecule has 3 heterocycles. The van der Waals surface area contributed by atoms with Gasteiger partial charge in [-0.05, 0) is 51.6 Å². The molecule has 190 valence electrons. The summed E-state index contributed by atoms with van der Waals surface area (Å²) in [5.41, 5.74) is 0.611. The van der Waals surface area contributed by atoms with Gasteiger partial charge in [0, 0.05) is 63.0 Å². The number of rotatable bonds is 5. The Hall–Kier alpha value is -3.08. The van der Waals surface area contributed by atoms with Crippen LogP contribution in [0.5, 0.6) is 0 Å². The molecule has 0 bridgehead atoms. The van der Waals surface area contributed by atoms with Gasteiger partial charge in [0.15, 0.2) is 0 Å². The van der Waals surface area contributed by atoms with Crippen LogP contribution in [0.25, 0.3) is 0 Å². The molecule has 8 nitrogen and oxygen atoms in total. The second-order valence-corrected chi connectivity index (χ2v) is 9.25. The van der Waals surface area contributed by atoms with Crippen LogP contribution in [-0.2, 0) is 24.6 Å². The van der Waals surface area contributed by atoms with Crippen LogP contribution in [0.15, 0.2) is 18.2 Å². The maximum atomic E-state index is 13.6. The van der Waals surface area contributed by atoms with E-state index in [0.29, 0.717) is 13.0 Å². The number of nitrogens with one attached hydrogen (secondary N) is 1. The Morgan fingerprint density at radius 3 is 2.51 bits per heavy atom. The summed E-state index contributed by atoms with van der Waals surface area (Å²) in [4.78, 5) is 31.0. The molecule has 11 heteroatoms. The van der Waals surface area contributed by atoms with Crippen molar-refractivity contribution < 1.29 is 22.8 Å². The van der Waals surface area contributed by atoms with Gasteiger partial charge in [-0.15, -0.1) is 0 Å². The minimum atomic E-state index is -4.64. The first kappa shape index (κ1) is 25.0. The summed E-state index contributed by atoms with van der Waals surface area (Å²) < 4.78 is 42.5. The molecule has 2 fully saturated rings. The fourth-order valence-electron chi connectivity index (χ4n) is 4.80. The lowest BCUT2D eigenvalue weighted by Gasteiger charge is -2.24. The quantitative estimate of drug-likeness (QED) is 0.695. The minimum absolute atomic E-state index is 0.0967. The van der Waals surface area contributed by atoms with E-state index in [9.17, 15) is 22.8 Å². The number of nitrogens with zero attached hydrogens (tertiary/aromatic N) is 5. The van der Waals surface area contributed by atoms with E-state index in [4.69, 9.17) is 0 Å². The van der Waals surface area contributed by atoms with E-state index in [1.807, 2.05) is 14.0 Å². The summed E-state index contributed by atoms with van der Waals surface area (Å²) in [6.45, 7) is 5.90. The first-order valence-electron chi connectivity index (χ1n) is 11.8. The molecule has 4 rings (SSSR count). The zero-order valence-electron chi connectivity index (χ0n) is 20.3. The smallest absolute Gasteiger partial charge is 0.355 e. The number of aryl methyl sites for hydroxylation is 2. The molecule has 0 spiro atoms. The molecule has 0 aliphatic carbocycles. The number of hydrogen-bond acceptors (Lipinski definition) is 5. The largest absolute Gasteiger partial charge is 0.416 e. The molecule has 0 saturated carbocycles. The Bertz CT molecular complexity index is 1110. The van der Waals surface area contributed by atoms with Crippen LogP contribution in [0, 0.1) is 6.92 Å². The zero-order chi connectivity index (χ0) is 25.3. The molecule has 0 unspecified atom stereocenters. The van der Waals surface area contributed by atoms with E-state index in [0.717, 1.165) is 61.8 Å². The van der Waals surface area contributed by atoms with E-state index < -0.39 is 17.6 Å². The normalized spacial score (nSPS) is 17.7. The lowest BCUT2D eigenvalue weighted by atomic mass is 10.1. The third-order valence-corrected chi connectivity index (χ3v) is 6.65. The number of anilines is 2. The van der Waals surface area contributed by atoms with Crippen molar-refractivity contribution in [3.63, 3.8) is 0 Å². The Kier molecular flexibility index (Phi) is 7.07. The van der Waals surface area contributed by atoms with E-state index in [-0.39, 0.29) is 30.1 Å². The Balaban J connectivity index is 1.58. The summed E-state index contributed by atoms with van der Waals surface area (Å²) in [6.07, 6.45) is -2.78. The van der Waals surface area contributed by atoms with E-state index in [1.54, 1.807) is 4.68 Å². The van der Waals surface area contributed by atoms with Crippen LogP contribution in [0.2, 0.25) is 0 Å². The average molecular weight is 493 g/mol. The Morgan fingerprint density at radius 2 is 1.83 bits per heavy atom. The molecule has 1 aromatic heterocycles. The number of benzene rings is 1. The molecule has 2 aromatic rings. The summed E-state index contributed by atoms with van der Waals surface area (Å²) in [5.74, 6) is 0.0358. The molecule has 2 amide bonds. The monoisotopic (exact) mass is 492 g/mol. The van der Waals surface area contributed by atoms with Gasteiger partial charge in [0.1, 0.15) is 5.82 Å². The van der Waals surface area contributed by atoms with Crippen LogP contribution < -0.4 is 15.1 Å². The van der Waals surface area contributed by atoms with Crippen molar-refractivity contribution in [2.45, 2.75) is 38.9 Å². The highest BCUT2D eigenvalue weighted by molar-refractivity contribution is 5.99. The summed E-state index contributed by atoms with van der Waals surface area (Å²) in [7, 11) is 3.94. The molecule has 1 N–H and O–H groups in total. The number of carbonyl (C=O) groups is 2. The molecule has 1 aromatic carbocycles. The van der Waals surface area contributed by atoms with Crippen LogP contribution >= 0.6 is 0 Å². The molecule has 2 aliphatic rings. The SMILES string of the molecule is Cc1nn(C)c(N2CCCN(C)CC2)c1CNC(=O)c1cc(N2CCCC2=O)cc(C(F)(F)F)c1. The van der Waals surface area contributed by atoms with Crippen LogP contribution in [0.3, 0.4) is 0 Å². The molecule has 35 heavy (non-hydrogen) atoms. The van der Waals surface area contributed by atoms with Crippen LogP contribution in [0.4, 0.5) is 24.7 Å². The number of carbonyl (C=O) groups excluding carboxylic acids is 2. The van der Waals surface area contributed by atoms with Crippen molar-refractivity contribution in [1.29, 1.82) is 0 Å².